The van der Waals surface area contributed by atoms with E-state index < -0.39 is 0 Å². The molecular weight excluding hydrogens is 316 g/mol. The van der Waals surface area contributed by atoms with Crippen molar-refractivity contribution in [2.45, 2.75) is 19.3 Å². The minimum Gasteiger partial charge on any atom is -0.497 e. The van der Waals surface area contributed by atoms with Crippen LogP contribution in [0.2, 0.25) is 0 Å². The van der Waals surface area contributed by atoms with Gasteiger partial charge in [-0.3, -0.25) is 4.79 Å². The van der Waals surface area contributed by atoms with Gasteiger partial charge >= 0.3 is 0 Å². The Kier molecular flexibility index (Phi) is 5.76. The van der Waals surface area contributed by atoms with E-state index in [1.165, 1.54) is 0 Å². The fraction of sp³-hybridized carbons (Fsp3) is 0.588. The zero-order chi connectivity index (χ0) is 15.6. The highest BCUT2D eigenvalue weighted by Gasteiger charge is 2.41. The van der Waals surface area contributed by atoms with Crippen molar-refractivity contribution in [1.82, 2.24) is 10.2 Å². The Labute approximate surface area is 143 Å². The molecule has 2 fully saturated rings. The minimum absolute atomic E-state index is 0. The molecule has 23 heavy (non-hydrogen) atoms. The van der Waals surface area contributed by atoms with Crippen LogP contribution in [0, 0.1) is 5.41 Å². The van der Waals surface area contributed by atoms with Gasteiger partial charge in [-0.05, 0) is 56.0 Å². The van der Waals surface area contributed by atoms with Crippen molar-refractivity contribution in [3.63, 3.8) is 0 Å². The average molecular weight is 341 g/mol. The first-order valence-electron chi connectivity index (χ1n) is 7.89. The number of halogens is 1. The van der Waals surface area contributed by atoms with Crippen molar-refractivity contribution in [2.24, 2.45) is 5.41 Å². The quantitative estimate of drug-likeness (QED) is 0.917. The van der Waals surface area contributed by atoms with Crippen LogP contribution < -0.4 is 14.8 Å². The molecular formula is C17H25ClN2O3. The van der Waals surface area contributed by atoms with Gasteiger partial charge in [-0.2, -0.15) is 0 Å². The monoisotopic (exact) mass is 340 g/mol. The summed E-state index contributed by atoms with van der Waals surface area (Å²) in [4.78, 5) is 14.9. The van der Waals surface area contributed by atoms with Crippen LogP contribution in [0.4, 0.5) is 0 Å². The topological polar surface area (TPSA) is 50.8 Å². The summed E-state index contributed by atoms with van der Waals surface area (Å²) in [5, 5.41) is 3.40. The number of methoxy groups -OCH3 is 2. The van der Waals surface area contributed by atoms with E-state index in [4.69, 9.17) is 9.47 Å². The third kappa shape index (κ3) is 3.56. The molecule has 128 valence electrons. The van der Waals surface area contributed by atoms with Crippen LogP contribution in [0.15, 0.2) is 18.2 Å². The molecule has 2 aliphatic heterocycles. The smallest absolute Gasteiger partial charge is 0.257 e. The fourth-order valence-electron chi connectivity index (χ4n) is 3.63. The Morgan fingerprint density at radius 3 is 2.57 bits per heavy atom. The number of amides is 1. The van der Waals surface area contributed by atoms with Crippen LogP contribution in [0.1, 0.15) is 29.6 Å². The van der Waals surface area contributed by atoms with Gasteiger partial charge in [0.25, 0.3) is 5.91 Å². The van der Waals surface area contributed by atoms with Crippen LogP contribution in [-0.2, 0) is 0 Å². The second-order valence-corrected chi connectivity index (χ2v) is 6.29. The number of carbonyl (C=O) groups excluding carboxylic acids is 1. The Morgan fingerprint density at radius 1 is 1.17 bits per heavy atom. The third-order valence-electron chi connectivity index (χ3n) is 5.03. The highest BCUT2D eigenvalue weighted by Crippen LogP contribution is 2.39. The largest absolute Gasteiger partial charge is 0.497 e. The summed E-state index contributed by atoms with van der Waals surface area (Å²) in [5.74, 6) is 1.34. The first-order valence-corrected chi connectivity index (χ1v) is 7.89. The SMILES string of the molecule is COc1ccc(OC)c(C(=O)N2CCC3(CCNCC3)C2)c1.Cl. The summed E-state index contributed by atoms with van der Waals surface area (Å²) in [5.41, 5.74) is 0.903. The Hall–Kier alpha value is -1.46. The van der Waals surface area contributed by atoms with Gasteiger partial charge in [0.15, 0.2) is 0 Å². The number of ether oxygens (including phenoxy) is 2. The van der Waals surface area contributed by atoms with Gasteiger partial charge in [0.1, 0.15) is 11.5 Å². The number of benzene rings is 1. The van der Waals surface area contributed by atoms with E-state index in [1.54, 1.807) is 26.4 Å². The third-order valence-corrected chi connectivity index (χ3v) is 5.03. The highest BCUT2D eigenvalue weighted by molar-refractivity contribution is 5.97. The molecule has 0 bridgehead atoms. The van der Waals surface area contributed by atoms with Gasteiger partial charge < -0.3 is 19.7 Å². The highest BCUT2D eigenvalue weighted by atomic mass is 35.5. The van der Waals surface area contributed by atoms with Crippen molar-refractivity contribution in [2.75, 3.05) is 40.4 Å². The first kappa shape index (κ1) is 17.9. The van der Waals surface area contributed by atoms with Crippen LogP contribution in [-0.4, -0.2) is 51.2 Å². The van der Waals surface area contributed by atoms with E-state index in [0.29, 0.717) is 22.5 Å². The number of rotatable bonds is 3. The summed E-state index contributed by atoms with van der Waals surface area (Å²) < 4.78 is 10.6. The Morgan fingerprint density at radius 2 is 1.91 bits per heavy atom. The molecule has 3 rings (SSSR count). The van der Waals surface area contributed by atoms with Gasteiger partial charge in [0, 0.05) is 13.1 Å². The van der Waals surface area contributed by atoms with Crippen molar-refractivity contribution in [3.05, 3.63) is 23.8 Å². The van der Waals surface area contributed by atoms with Crippen LogP contribution in [0.3, 0.4) is 0 Å². The lowest BCUT2D eigenvalue weighted by molar-refractivity contribution is 0.0758. The molecule has 5 nitrogen and oxygen atoms in total. The van der Waals surface area contributed by atoms with E-state index >= 15 is 0 Å². The molecule has 1 aromatic rings. The second kappa shape index (κ2) is 7.41. The summed E-state index contributed by atoms with van der Waals surface area (Å²) >= 11 is 0. The zero-order valence-electron chi connectivity index (χ0n) is 13.8. The van der Waals surface area contributed by atoms with Crippen LogP contribution >= 0.6 is 12.4 Å². The molecule has 0 aliphatic carbocycles. The average Bonchev–Trinajstić information content (AvgIpc) is 2.97. The van der Waals surface area contributed by atoms with E-state index in [-0.39, 0.29) is 18.3 Å². The number of hydrogen-bond acceptors (Lipinski definition) is 4. The predicted molar refractivity (Wildman–Crippen MR) is 91.9 cm³/mol. The molecule has 0 saturated carbocycles. The molecule has 2 heterocycles. The van der Waals surface area contributed by atoms with E-state index in [1.807, 2.05) is 11.0 Å². The minimum atomic E-state index is 0. The maximum absolute atomic E-state index is 12.9. The maximum atomic E-state index is 12.9. The summed E-state index contributed by atoms with van der Waals surface area (Å²) in [7, 11) is 3.20. The molecule has 2 aliphatic rings. The first-order chi connectivity index (χ1) is 10.7. The number of nitrogens with one attached hydrogen (secondary N) is 1. The molecule has 0 atom stereocenters. The van der Waals surface area contributed by atoms with Gasteiger partial charge in [-0.15, -0.1) is 12.4 Å². The van der Waals surface area contributed by atoms with Crippen LogP contribution in [0.5, 0.6) is 11.5 Å². The number of hydrogen-bond donors (Lipinski definition) is 1. The number of piperidine rings is 1. The van der Waals surface area contributed by atoms with E-state index in [0.717, 1.165) is 45.4 Å². The predicted octanol–water partition coefficient (Wildman–Crippen LogP) is 2.34. The summed E-state index contributed by atoms with van der Waals surface area (Å²) in [6.45, 7) is 3.81. The fourth-order valence-corrected chi connectivity index (χ4v) is 3.63. The lowest BCUT2D eigenvalue weighted by Gasteiger charge is -2.33. The maximum Gasteiger partial charge on any atom is 0.257 e. The zero-order valence-corrected chi connectivity index (χ0v) is 14.6. The molecule has 1 amide bonds. The standard InChI is InChI=1S/C17H24N2O3.ClH/c1-21-13-3-4-15(22-2)14(11-13)16(20)19-10-7-17(12-19)5-8-18-9-6-17;/h3-4,11,18H,5-10,12H2,1-2H3;1H. The molecule has 0 aromatic heterocycles. The molecule has 2 saturated heterocycles. The number of likely N-dealkylation sites (tertiary alicyclic amines) is 1. The lowest BCUT2D eigenvalue weighted by Crippen LogP contribution is -2.39. The normalized spacial score (nSPS) is 19.3. The molecule has 1 spiro atoms. The number of nitrogens with zero attached hydrogens (tertiary/aromatic N) is 1. The van der Waals surface area contributed by atoms with Crippen molar-refractivity contribution < 1.29 is 14.3 Å². The van der Waals surface area contributed by atoms with Crippen molar-refractivity contribution in [3.8, 4) is 11.5 Å². The molecule has 6 heteroatoms. The van der Waals surface area contributed by atoms with Crippen molar-refractivity contribution >= 4 is 18.3 Å². The lowest BCUT2D eigenvalue weighted by atomic mass is 9.78. The summed E-state index contributed by atoms with van der Waals surface area (Å²) in [6.07, 6.45) is 3.42. The number of carbonyl (C=O) groups is 1. The molecule has 0 radical (unpaired) electrons. The molecule has 0 unspecified atom stereocenters. The molecule has 1 N–H and O–H groups in total. The molecule has 1 aromatic carbocycles. The van der Waals surface area contributed by atoms with Crippen LogP contribution in [0.25, 0.3) is 0 Å². The Balaban J connectivity index is 0.00000192. The van der Waals surface area contributed by atoms with E-state index in [2.05, 4.69) is 5.32 Å². The van der Waals surface area contributed by atoms with Crippen molar-refractivity contribution in [1.29, 1.82) is 0 Å². The van der Waals surface area contributed by atoms with Gasteiger partial charge in [-0.1, -0.05) is 0 Å². The van der Waals surface area contributed by atoms with E-state index in [9.17, 15) is 4.79 Å². The second-order valence-electron chi connectivity index (χ2n) is 6.29. The Bertz CT molecular complexity index is 559. The van der Waals surface area contributed by atoms with Gasteiger partial charge in [0.05, 0.1) is 19.8 Å². The van der Waals surface area contributed by atoms with Gasteiger partial charge in [0.2, 0.25) is 0 Å². The summed E-state index contributed by atoms with van der Waals surface area (Å²) in [6, 6.07) is 5.38. The van der Waals surface area contributed by atoms with Gasteiger partial charge in [-0.25, -0.2) is 0 Å².